The van der Waals surface area contributed by atoms with E-state index in [0.717, 1.165) is 71.9 Å². The maximum Gasteiger partial charge on any atom is 0.159 e. The molecule has 11 aromatic rings. The molecule has 274 valence electrons. The second-order valence-corrected chi connectivity index (χ2v) is 14.0. The average Bonchev–Trinajstić information content (AvgIpc) is 3.79. The minimum absolute atomic E-state index is 0.548. The van der Waals surface area contributed by atoms with Gasteiger partial charge in [-0.05, 0) is 78.4 Å². The largest absolute Gasteiger partial charge is 0.457 e. The lowest BCUT2D eigenvalue weighted by Gasteiger charge is -2.13. The molecule has 11 rings (SSSR count). The molecule has 8 heteroatoms. The minimum Gasteiger partial charge on any atom is -0.457 e. The number of benzene rings is 6. The highest BCUT2D eigenvalue weighted by Gasteiger charge is 2.17. The third-order valence-corrected chi connectivity index (χ3v) is 10.4. The fourth-order valence-corrected chi connectivity index (χ4v) is 7.84. The number of para-hydroxylation sites is 2. The van der Waals surface area contributed by atoms with E-state index in [1.165, 1.54) is 0 Å². The predicted octanol–water partition coefficient (Wildman–Crippen LogP) is 12.4. The molecule has 5 heterocycles. The summed E-state index contributed by atoms with van der Waals surface area (Å²) in [5.74, 6) is 4.69. The first kappa shape index (κ1) is 33.3. The molecule has 0 fully saturated rings. The summed E-state index contributed by atoms with van der Waals surface area (Å²) in [7, 11) is 0. The van der Waals surface area contributed by atoms with Crippen LogP contribution in [-0.2, 0) is 0 Å². The Bertz CT molecular complexity index is 3090. The van der Waals surface area contributed by atoms with Crippen molar-refractivity contribution in [2.75, 3.05) is 0 Å². The number of ether oxygens (including phenoxy) is 2. The molecule has 58 heavy (non-hydrogen) atoms. The van der Waals surface area contributed by atoms with Gasteiger partial charge >= 0.3 is 0 Å². The molecular weight excluding hydrogens is 717 g/mol. The number of fused-ring (bicyclic) bond motifs is 6. The van der Waals surface area contributed by atoms with Gasteiger partial charge < -0.3 is 9.47 Å². The average molecular weight is 749 g/mol. The van der Waals surface area contributed by atoms with E-state index >= 15 is 0 Å². The van der Waals surface area contributed by atoms with Crippen molar-refractivity contribution in [2.24, 2.45) is 0 Å². The maximum absolute atomic E-state index is 6.71. The Labute approximate surface area is 332 Å². The van der Waals surface area contributed by atoms with Crippen LogP contribution in [0.25, 0.3) is 77.8 Å². The van der Waals surface area contributed by atoms with Gasteiger partial charge in [0.05, 0.1) is 22.1 Å². The Morgan fingerprint density at radius 3 is 1.33 bits per heavy atom. The van der Waals surface area contributed by atoms with Crippen LogP contribution < -0.4 is 9.47 Å². The summed E-state index contributed by atoms with van der Waals surface area (Å²) >= 11 is 0. The first-order chi connectivity index (χ1) is 28.7. The number of rotatable bonds is 8. The summed E-state index contributed by atoms with van der Waals surface area (Å²) < 4.78 is 17.8. The molecule has 0 amide bonds. The Kier molecular flexibility index (Phi) is 7.96. The van der Waals surface area contributed by atoms with Crippen LogP contribution in [0.4, 0.5) is 0 Å². The van der Waals surface area contributed by atoms with E-state index in [-0.39, 0.29) is 0 Å². The standard InChI is InChI=1S/C50H32N6O2/c1-2-12-33(13-3-1)35-31-53-50(54-32-35)34-26-38(57-36-20-22-42-40-14-4-6-16-44(40)55(46(42)29-36)48-18-8-10-24-51-48)28-39(27-34)58-37-21-23-43-41-15-5-7-17-45(41)56(47(43)30-37)49-19-9-11-25-52-49/h1-32H. The fourth-order valence-electron chi connectivity index (χ4n) is 7.84. The van der Waals surface area contributed by atoms with Crippen LogP contribution >= 0.6 is 0 Å². The number of aromatic nitrogens is 6. The van der Waals surface area contributed by atoms with Crippen molar-refractivity contribution in [3.8, 4) is 57.1 Å². The summed E-state index contributed by atoms with van der Waals surface area (Å²) in [6, 6.07) is 56.9. The third-order valence-electron chi connectivity index (χ3n) is 10.4. The maximum atomic E-state index is 6.71. The zero-order chi connectivity index (χ0) is 38.4. The monoisotopic (exact) mass is 748 g/mol. The zero-order valence-electron chi connectivity index (χ0n) is 31.0. The van der Waals surface area contributed by atoms with E-state index in [0.29, 0.717) is 28.8 Å². The van der Waals surface area contributed by atoms with Crippen molar-refractivity contribution in [3.05, 3.63) is 195 Å². The molecule has 0 aliphatic rings. The number of nitrogens with zero attached hydrogens (tertiary/aromatic N) is 6. The van der Waals surface area contributed by atoms with Crippen molar-refractivity contribution >= 4 is 43.6 Å². The third kappa shape index (κ3) is 5.88. The molecule has 0 aliphatic carbocycles. The molecule has 0 spiro atoms. The molecule has 5 aromatic heterocycles. The topological polar surface area (TPSA) is 79.9 Å². The molecule has 0 saturated heterocycles. The molecule has 0 saturated carbocycles. The Balaban J connectivity index is 1.02. The van der Waals surface area contributed by atoms with Crippen molar-refractivity contribution in [3.63, 3.8) is 0 Å². The van der Waals surface area contributed by atoms with Gasteiger partial charge in [0.1, 0.15) is 34.6 Å². The summed E-state index contributed by atoms with van der Waals surface area (Å²) in [5, 5.41) is 4.50. The van der Waals surface area contributed by atoms with E-state index in [2.05, 4.69) is 81.9 Å². The van der Waals surface area contributed by atoms with E-state index in [4.69, 9.17) is 29.4 Å². The van der Waals surface area contributed by atoms with Gasteiger partial charge in [-0.1, -0.05) is 78.9 Å². The fraction of sp³-hybridized carbons (Fsp3) is 0. The van der Waals surface area contributed by atoms with Crippen LogP contribution in [-0.4, -0.2) is 29.1 Å². The zero-order valence-corrected chi connectivity index (χ0v) is 31.0. The van der Waals surface area contributed by atoms with Gasteiger partial charge in [0, 0.05) is 75.7 Å². The van der Waals surface area contributed by atoms with Gasteiger partial charge in [-0.2, -0.15) is 0 Å². The van der Waals surface area contributed by atoms with Gasteiger partial charge in [0.15, 0.2) is 5.82 Å². The van der Waals surface area contributed by atoms with Crippen LogP contribution in [0.2, 0.25) is 0 Å². The molecule has 0 aliphatic heterocycles. The molecule has 6 aromatic carbocycles. The van der Waals surface area contributed by atoms with Crippen molar-refractivity contribution in [1.29, 1.82) is 0 Å². The van der Waals surface area contributed by atoms with Crippen LogP contribution in [0.3, 0.4) is 0 Å². The van der Waals surface area contributed by atoms with Crippen LogP contribution in [0.1, 0.15) is 0 Å². The number of hydrogen-bond acceptors (Lipinski definition) is 6. The van der Waals surface area contributed by atoms with Crippen LogP contribution in [0, 0.1) is 0 Å². The van der Waals surface area contributed by atoms with E-state index in [1.807, 2.05) is 122 Å². The lowest BCUT2D eigenvalue weighted by atomic mass is 10.1. The van der Waals surface area contributed by atoms with Gasteiger partial charge in [0.2, 0.25) is 0 Å². The molecule has 8 nitrogen and oxygen atoms in total. The normalized spacial score (nSPS) is 11.4. The SMILES string of the molecule is c1ccc(-c2cnc(-c3cc(Oc4ccc5c6ccccc6n(-c6ccccn6)c5c4)cc(Oc4ccc5c6ccccc6n(-c6ccccn6)c5c4)c3)nc2)cc1. The number of pyridine rings is 2. The van der Waals surface area contributed by atoms with Crippen molar-refractivity contribution in [1.82, 2.24) is 29.1 Å². The highest BCUT2D eigenvalue weighted by molar-refractivity contribution is 6.10. The quantitative estimate of drug-likeness (QED) is 0.154. The van der Waals surface area contributed by atoms with E-state index in [9.17, 15) is 0 Å². The lowest BCUT2D eigenvalue weighted by molar-refractivity contribution is 0.461. The van der Waals surface area contributed by atoms with Crippen molar-refractivity contribution < 1.29 is 9.47 Å². The lowest BCUT2D eigenvalue weighted by Crippen LogP contribution is -1.97. The van der Waals surface area contributed by atoms with E-state index < -0.39 is 0 Å². The summed E-state index contributed by atoms with van der Waals surface area (Å²) in [6.45, 7) is 0. The minimum atomic E-state index is 0.548. The van der Waals surface area contributed by atoms with Crippen LogP contribution in [0.5, 0.6) is 23.0 Å². The highest BCUT2D eigenvalue weighted by Crippen LogP contribution is 2.39. The van der Waals surface area contributed by atoms with Crippen LogP contribution in [0.15, 0.2) is 195 Å². The summed E-state index contributed by atoms with van der Waals surface area (Å²) in [5.41, 5.74) is 6.85. The second kappa shape index (κ2) is 13.9. The second-order valence-electron chi connectivity index (χ2n) is 14.0. The Morgan fingerprint density at radius 2 is 0.810 bits per heavy atom. The van der Waals surface area contributed by atoms with Gasteiger partial charge in [-0.15, -0.1) is 0 Å². The molecular formula is C50H32N6O2. The first-order valence-electron chi connectivity index (χ1n) is 19.0. The van der Waals surface area contributed by atoms with Gasteiger partial charge in [-0.25, -0.2) is 19.9 Å². The Hall–Kier alpha value is -8.10. The molecule has 0 N–H and O–H groups in total. The highest BCUT2D eigenvalue weighted by atomic mass is 16.5. The molecule has 0 unspecified atom stereocenters. The molecule has 0 radical (unpaired) electrons. The first-order valence-corrected chi connectivity index (χ1v) is 19.0. The van der Waals surface area contributed by atoms with Gasteiger partial charge in [0.25, 0.3) is 0 Å². The number of hydrogen-bond donors (Lipinski definition) is 0. The summed E-state index contributed by atoms with van der Waals surface area (Å²) in [4.78, 5) is 19.0. The smallest absolute Gasteiger partial charge is 0.159 e. The molecule has 0 bridgehead atoms. The van der Waals surface area contributed by atoms with Crippen molar-refractivity contribution in [2.45, 2.75) is 0 Å². The molecule has 0 atom stereocenters. The summed E-state index contributed by atoms with van der Waals surface area (Å²) in [6.07, 6.45) is 7.32. The van der Waals surface area contributed by atoms with Gasteiger partial charge in [-0.3, -0.25) is 9.13 Å². The Morgan fingerprint density at radius 1 is 0.328 bits per heavy atom. The van der Waals surface area contributed by atoms with E-state index in [1.54, 1.807) is 0 Å². The predicted molar refractivity (Wildman–Crippen MR) is 230 cm³/mol.